The Kier molecular flexibility index (Phi) is 4.44. The number of primary amides is 1. The van der Waals surface area contributed by atoms with E-state index in [4.69, 9.17) is 11.5 Å². The van der Waals surface area contributed by atoms with Gasteiger partial charge in [0.2, 0.25) is 5.91 Å². The van der Waals surface area contributed by atoms with Crippen molar-refractivity contribution in [2.45, 2.75) is 38.3 Å². The van der Waals surface area contributed by atoms with Gasteiger partial charge >= 0.3 is 0 Å². The molecule has 1 unspecified atom stereocenters. The molecule has 0 saturated heterocycles. The predicted octanol–water partition coefficient (Wildman–Crippen LogP) is 0.231. The van der Waals surface area contributed by atoms with Gasteiger partial charge in [-0.25, -0.2) is 0 Å². The van der Waals surface area contributed by atoms with Crippen molar-refractivity contribution in [2.24, 2.45) is 11.5 Å². The van der Waals surface area contributed by atoms with Crippen LogP contribution in [0.15, 0.2) is 24.3 Å². The topological polar surface area (TPSA) is 106 Å². The zero-order valence-electron chi connectivity index (χ0n) is 11.4. The van der Waals surface area contributed by atoms with Crippen molar-refractivity contribution < 1.29 is 14.7 Å². The lowest BCUT2D eigenvalue weighted by Gasteiger charge is -2.30. The third-order valence-corrected chi connectivity index (χ3v) is 3.45. The minimum absolute atomic E-state index is 0.584. The van der Waals surface area contributed by atoms with Crippen LogP contribution < -0.4 is 11.5 Å². The Morgan fingerprint density at radius 3 is 2.05 bits per heavy atom. The van der Waals surface area contributed by atoms with Crippen LogP contribution in [0.1, 0.15) is 30.9 Å². The summed E-state index contributed by atoms with van der Waals surface area (Å²) >= 11 is 0. The van der Waals surface area contributed by atoms with Crippen molar-refractivity contribution >= 4 is 11.7 Å². The van der Waals surface area contributed by atoms with Gasteiger partial charge in [-0.3, -0.25) is 9.59 Å². The highest BCUT2D eigenvalue weighted by Crippen LogP contribution is 2.23. The van der Waals surface area contributed by atoms with E-state index in [1.54, 1.807) is 19.1 Å². The molecule has 5 heteroatoms. The highest BCUT2D eigenvalue weighted by molar-refractivity contribution is 6.12. The number of rotatable bonds is 5. The van der Waals surface area contributed by atoms with Crippen LogP contribution >= 0.6 is 0 Å². The van der Waals surface area contributed by atoms with Crippen LogP contribution in [0.4, 0.5) is 0 Å². The van der Waals surface area contributed by atoms with Gasteiger partial charge in [-0.15, -0.1) is 0 Å². The highest BCUT2D eigenvalue weighted by Gasteiger charge is 2.46. The Bertz CT molecular complexity index is 482. The molecule has 0 bridgehead atoms. The first-order chi connectivity index (χ1) is 8.71. The molecule has 0 aromatic heterocycles. The van der Waals surface area contributed by atoms with Crippen molar-refractivity contribution in [3.8, 4) is 0 Å². The van der Waals surface area contributed by atoms with Crippen molar-refractivity contribution in [3.63, 3.8) is 0 Å². The molecule has 104 valence electrons. The summed E-state index contributed by atoms with van der Waals surface area (Å²) < 4.78 is 0. The standard InChI is InChI=1S/C14H20N2O3/c1-8-4-6-11(7-5-8)9(2)12(18)14(16,10(3)17)13(15)19/h4-7,9-10,17H,16H2,1-3H3,(H2,15,19)/t9?,10-,14-/m1/s1. The molecule has 0 aliphatic rings. The van der Waals surface area contributed by atoms with Gasteiger partial charge in [0, 0.05) is 5.92 Å². The monoisotopic (exact) mass is 264 g/mol. The van der Waals surface area contributed by atoms with Gasteiger partial charge in [-0.1, -0.05) is 36.8 Å². The number of hydrogen-bond donors (Lipinski definition) is 3. The number of aliphatic hydroxyl groups excluding tert-OH is 1. The zero-order chi connectivity index (χ0) is 14.8. The van der Waals surface area contributed by atoms with E-state index in [9.17, 15) is 14.7 Å². The van der Waals surface area contributed by atoms with Crippen LogP contribution in [0, 0.1) is 6.92 Å². The minimum atomic E-state index is -2.07. The van der Waals surface area contributed by atoms with E-state index in [1.165, 1.54) is 6.92 Å². The highest BCUT2D eigenvalue weighted by atomic mass is 16.3. The quantitative estimate of drug-likeness (QED) is 0.662. The number of hydrogen-bond acceptors (Lipinski definition) is 4. The lowest BCUT2D eigenvalue weighted by Crippen LogP contribution is -2.65. The Labute approximate surface area is 112 Å². The van der Waals surface area contributed by atoms with E-state index in [0.29, 0.717) is 0 Å². The summed E-state index contributed by atoms with van der Waals surface area (Å²) in [4.78, 5) is 23.8. The molecule has 1 aromatic rings. The second kappa shape index (κ2) is 5.50. The summed E-state index contributed by atoms with van der Waals surface area (Å²) in [7, 11) is 0. The maximum absolute atomic E-state index is 12.3. The number of Topliss-reactive ketones (excluding diaryl/α,β-unsaturated/α-hetero) is 1. The summed E-state index contributed by atoms with van der Waals surface area (Å²) in [5, 5.41) is 9.61. The van der Waals surface area contributed by atoms with Crippen LogP contribution in [0.3, 0.4) is 0 Å². The Balaban J connectivity index is 3.11. The fourth-order valence-electron chi connectivity index (χ4n) is 1.90. The number of carbonyl (C=O) groups excluding carboxylic acids is 2. The fourth-order valence-corrected chi connectivity index (χ4v) is 1.90. The molecule has 0 radical (unpaired) electrons. The summed E-state index contributed by atoms with van der Waals surface area (Å²) in [6.07, 6.45) is -1.34. The Hall–Kier alpha value is -1.72. The van der Waals surface area contributed by atoms with Gasteiger partial charge in [0.15, 0.2) is 11.3 Å². The van der Waals surface area contributed by atoms with Crippen molar-refractivity contribution in [3.05, 3.63) is 35.4 Å². The van der Waals surface area contributed by atoms with E-state index in [-0.39, 0.29) is 0 Å². The zero-order valence-corrected chi connectivity index (χ0v) is 11.4. The molecule has 0 fully saturated rings. The molecule has 0 aliphatic heterocycles. The van der Waals surface area contributed by atoms with Crippen LogP contribution in [-0.2, 0) is 9.59 Å². The van der Waals surface area contributed by atoms with Crippen molar-refractivity contribution in [1.82, 2.24) is 0 Å². The van der Waals surface area contributed by atoms with Gasteiger partial charge < -0.3 is 16.6 Å². The number of aliphatic hydroxyl groups is 1. The van der Waals surface area contributed by atoms with Crippen LogP contribution in [-0.4, -0.2) is 28.4 Å². The van der Waals surface area contributed by atoms with Gasteiger partial charge in [0.1, 0.15) is 0 Å². The summed E-state index contributed by atoms with van der Waals surface area (Å²) in [6, 6.07) is 7.32. The first-order valence-electron chi connectivity index (χ1n) is 6.09. The maximum Gasteiger partial charge on any atom is 0.247 e. The first-order valence-corrected chi connectivity index (χ1v) is 6.09. The molecule has 1 rings (SSSR count). The predicted molar refractivity (Wildman–Crippen MR) is 72.4 cm³/mol. The van der Waals surface area contributed by atoms with Gasteiger partial charge in [-0.05, 0) is 19.4 Å². The van der Waals surface area contributed by atoms with Crippen LogP contribution in [0.5, 0.6) is 0 Å². The van der Waals surface area contributed by atoms with E-state index < -0.39 is 29.3 Å². The number of benzene rings is 1. The Morgan fingerprint density at radius 1 is 1.21 bits per heavy atom. The lowest BCUT2D eigenvalue weighted by molar-refractivity contribution is -0.139. The molecule has 19 heavy (non-hydrogen) atoms. The van der Waals surface area contributed by atoms with Gasteiger partial charge in [-0.2, -0.15) is 0 Å². The molecule has 1 amide bonds. The van der Waals surface area contributed by atoms with E-state index in [0.717, 1.165) is 11.1 Å². The molecule has 3 atom stereocenters. The van der Waals surface area contributed by atoms with Crippen molar-refractivity contribution in [2.75, 3.05) is 0 Å². The third kappa shape index (κ3) is 2.83. The Morgan fingerprint density at radius 2 is 1.68 bits per heavy atom. The molecule has 0 aliphatic carbocycles. The van der Waals surface area contributed by atoms with Gasteiger partial charge in [0.25, 0.3) is 0 Å². The molecule has 0 spiro atoms. The molecule has 5 nitrogen and oxygen atoms in total. The number of carbonyl (C=O) groups is 2. The number of aryl methyl sites for hydroxylation is 1. The van der Waals surface area contributed by atoms with E-state index in [1.807, 2.05) is 19.1 Å². The molecule has 5 N–H and O–H groups in total. The average molecular weight is 264 g/mol. The summed E-state index contributed by atoms with van der Waals surface area (Å²) in [5.41, 5.74) is 10.6. The number of nitrogens with two attached hydrogens (primary N) is 2. The molecule has 0 saturated carbocycles. The second-order valence-electron chi connectivity index (χ2n) is 4.91. The SMILES string of the molecule is Cc1ccc(C(C)C(=O)[C@@](N)(C(N)=O)[C@@H](C)O)cc1. The largest absolute Gasteiger partial charge is 0.390 e. The molecule has 1 aromatic carbocycles. The van der Waals surface area contributed by atoms with Gasteiger partial charge in [0.05, 0.1) is 6.10 Å². The number of ketones is 1. The minimum Gasteiger partial charge on any atom is -0.390 e. The number of amides is 1. The van der Waals surface area contributed by atoms with Crippen LogP contribution in [0.2, 0.25) is 0 Å². The average Bonchev–Trinajstić information content (AvgIpc) is 2.36. The molecule has 0 heterocycles. The summed E-state index contributed by atoms with van der Waals surface area (Å²) in [6.45, 7) is 4.85. The fraction of sp³-hybridized carbons (Fsp3) is 0.429. The summed E-state index contributed by atoms with van der Waals surface area (Å²) in [5.74, 6) is -2.22. The third-order valence-electron chi connectivity index (χ3n) is 3.45. The smallest absolute Gasteiger partial charge is 0.247 e. The maximum atomic E-state index is 12.3. The normalized spacial score (nSPS) is 17.3. The molecular weight excluding hydrogens is 244 g/mol. The van der Waals surface area contributed by atoms with E-state index in [2.05, 4.69) is 0 Å². The first kappa shape index (κ1) is 15.3. The second-order valence-corrected chi connectivity index (χ2v) is 4.91. The van der Waals surface area contributed by atoms with Crippen molar-refractivity contribution in [1.29, 1.82) is 0 Å². The lowest BCUT2D eigenvalue weighted by atomic mass is 9.80. The van der Waals surface area contributed by atoms with Crippen LogP contribution in [0.25, 0.3) is 0 Å². The van der Waals surface area contributed by atoms with E-state index >= 15 is 0 Å². The molecular formula is C14H20N2O3.